The van der Waals surface area contributed by atoms with Gasteiger partial charge in [0, 0.05) is 28.7 Å². The molecule has 11 heteroatoms. The summed E-state index contributed by atoms with van der Waals surface area (Å²) < 4.78 is 21.3. The van der Waals surface area contributed by atoms with Crippen LogP contribution < -0.4 is 0 Å². The molecule has 0 aromatic rings. The molecule has 4 atom stereocenters. The Morgan fingerprint density at radius 2 is 1.22 bits per heavy atom. The topological polar surface area (TPSA) is 163 Å². The van der Waals surface area contributed by atoms with Crippen molar-refractivity contribution < 1.29 is 53.1 Å². The van der Waals surface area contributed by atoms with E-state index in [1.165, 1.54) is 26.2 Å². The van der Waals surface area contributed by atoms with Crippen LogP contribution >= 0.6 is 0 Å². The first-order chi connectivity index (χ1) is 23.4. The Kier molecular flexibility index (Phi) is 14.6. The third kappa shape index (κ3) is 11.9. The van der Waals surface area contributed by atoms with Gasteiger partial charge in [0.1, 0.15) is 17.3 Å². The minimum absolute atomic E-state index is 0.104. The van der Waals surface area contributed by atoms with Crippen molar-refractivity contribution in [3.8, 4) is 0 Å². The lowest BCUT2D eigenvalue weighted by Crippen LogP contribution is -2.60. The molecular formula is C40H60O11. The van der Waals surface area contributed by atoms with E-state index in [9.17, 15) is 29.1 Å². The van der Waals surface area contributed by atoms with Gasteiger partial charge in [0.15, 0.2) is 5.60 Å². The summed E-state index contributed by atoms with van der Waals surface area (Å²) in [6.45, 7) is 27.9. The molecule has 0 aromatic carbocycles. The molecule has 0 spiro atoms. The first-order valence-corrected chi connectivity index (χ1v) is 17.8. The van der Waals surface area contributed by atoms with E-state index >= 15 is 0 Å². The second-order valence-corrected chi connectivity index (χ2v) is 16.0. The number of hydrogen-bond donors (Lipinski definition) is 2. The maximum atomic E-state index is 11.7. The number of hydrogen-bond acceptors (Lipinski definition) is 10. The van der Waals surface area contributed by atoms with Crippen LogP contribution in [0.1, 0.15) is 126 Å². The fourth-order valence-electron chi connectivity index (χ4n) is 7.79. The molecule has 0 radical (unpaired) electrons. The molecule has 2 N–H and O–H groups in total. The van der Waals surface area contributed by atoms with Crippen LogP contribution in [0, 0.1) is 17.8 Å². The Labute approximate surface area is 303 Å². The van der Waals surface area contributed by atoms with Crippen LogP contribution in [0.2, 0.25) is 0 Å². The summed E-state index contributed by atoms with van der Waals surface area (Å²) in [7, 11) is 0. The van der Waals surface area contributed by atoms with Crippen molar-refractivity contribution in [3.63, 3.8) is 0 Å². The normalized spacial score (nSPS) is 30.5. The summed E-state index contributed by atoms with van der Waals surface area (Å²) in [5.74, 6) is -0.815. The number of ether oxygens (including phenoxy) is 4. The first kappa shape index (κ1) is 43.4. The standard InChI is InChI=1S/C14H20O3.C12H20O2.C10H14O4.C4H6O2/c1-9(2)12(15)17-14-6-10-3-11(7-14)5-13(16,4-10)8-14;1-9(2)11(13)14-12(10(3)4)7-5-6-8-12;1-6(2)9(12)14-10(4)5-8(11)13-7(10)3;1-3(2)4(5)6/h10-11,16H,1,3-8H2,2H3;10H,1,5-8H2,2-4H3;7H,1,5H2,2-4H3;1H2,2H3,(H,5,6). The molecule has 4 unspecified atom stereocenters. The number of carbonyl (C=O) groups is 5. The van der Waals surface area contributed by atoms with Crippen molar-refractivity contribution in [2.75, 3.05) is 0 Å². The first-order valence-electron chi connectivity index (χ1n) is 17.8. The van der Waals surface area contributed by atoms with Gasteiger partial charge in [-0.25, -0.2) is 19.2 Å². The van der Waals surface area contributed by atoms with Gasteiger partial charge in [0.05, 0.1) is 12.0 Å². The van der Waals surface area contributed by atoms with Gasteiger partial charge >= 0.3 is 29.8 Å². The highest BCUT2D eigenvalue weighted by Crippen LogP contribution is 2.59. The quantitative estimate of drug-likeness (QED) is 0.150. The van der Waals surface area contributed by atoms with Crippen molar-refractivity contribution in [1.29, 1.82) is 0 Å². The highest BCUT2D eigenvalue weighted by Gasteiger charge is 2.59. The lowest BCUT2D eigenvalue weighted by atomic mass is 9.52. The van der Waals surface area contributed by atoms with E-state index in [0.29, 0.717) is 40.9 Å². The molecule has 1 saturated heterocycles. The maximum Gasteiger partial charge on any atom is 0.333 e. The molecule has 6 fully saturated rings. The number of cyclic esters (lactones) is 1. The van der Waals surface area contributed by atoms with Gasteiger partial charge < -0.3 is 29.2 Å². The Balaban J connectivity index is 0.000000247. The van der Waals surface area contributed by atoms with Crippen LogP contribution in [-0.4, -0.2) is 68.6 Å². The Morgan fingerprint density at radius 3 is 1.57 bits per heavy atom. The van der Waals surface area contributed by atoms with Gasteiger partial charge in [-0.15, -0.1) is 0 Å². The summed E-state index contributed by atoms with van der Waals surface area (Å²) >= 11 is 0. The van der Waals surface area contributed by atoms with Gasteiger partial charge in [-0.3, -0.25) is 4.79 Å². The third-order valence-corrected chi connectivity index (χ3v) is 10.5. The van der Waals surface area contributed by atoms with E-state index in [-0.39, 0.29) is 35.5 Å². The molecule has 51 heavy (non-hydrogen) atoms. The van der Waals surface area contributed by atoms with E-state index in [0.717, 1.165) is 38.5 Å². The molecule has 0 aromatic heterocycles. The molecule has 1 heterocycles. The average molecular weight is 717 g/mol. The lowest BCUT2D eigenvalue weighted by Gasteiger charge is -2.59. The molecule has 5 saturated carbocycles. The van der Waals surface area contributed by atoms with Crippen LogP contribution in [0.25, 0.3) is 0 Å². The fourth-order valence-corrected chi connectivity index (χ4v) is 7.79. The predicted octanol–water partition coefficient (Wildman–Crippen LogP) is 7.11. The minimum Gasteiger partial charge on any atom is -0.478 e. The van der Waals surface area contributed by atoms with Gasteiger partial charge in [-0.1, -0.05) is 40.2 Å². The van der Waals surface area contributed by atoms with Crippen LogP contribution in [0.5, 0.6) is 0 Å². The summed E-state index contributed by atoms with van der Waals surface area (Å²) in [5, 5.41) is 18.4. The van der Waals surface area contributed by atoms with Crippen molar-refractivity contribution in [1.82, 2.24) is 0 Å². The van der Waals surface area contributed by atoms with E-state index < -0.39 is 34.8 Å². The molecule has 1 aliphatic heterocycles. The number of rotatable bonds is 8. The number of carbonyl (C=O) groups excluding carboxylic acids is 4. The maximum absolute atomic E-state index is 11.7. The van der Waals surface area contributed by atoms with Crippen LogP contribution in [0.4, 0.5) is 0 Å². The minimum atomic E-state index is -0.935. The molecule has 286 valence electrons. The zero-order valence-corrected chi connectivity index (χ0v) is 32.0. The van der Waals surface area contributed by atoms with Gasteiger partial charge in [0.25, 0.3) is 0 Å². The summed E-state index contributed by atoms with van der Waals surface area (Å²) in [5.41, 5.74) is -0.588. The SMILES string of the molecule is C=C(C)C(=O)O.C=C(C)C(=O)OC1(C(C)C)CCCC1.C=C(C)C(=O)OC1(C)CC(=O)OC1C.C=C(C)C(=O)OC12CC3CC(CC(O)(C3)C1)C2. The summed E-state index contributed by atoms with van der Waals surface area (Å²) in [6, 6.07) is 0. The second kappa shape index (κ2) is 17.2. The highest BCUT2D eigenvalue weighted by atomic mass is 16.6. The second-order valence-electron chi connectivity index (χ2n) is 16.0. The molecule has 0 amide bonds. The molecular weight excluding hydrogens is 656 g/mol. The van der Waals surface area contributed by atoms with Crippen molar-refractivity contribution in [2.24, 2.45) is 17.8 Å². The molecule has 6 aliphatic rings. The summed E-state index contributed by atoms with van der Waals surface area (Å²) in [6.07, 6.45) is 9.55. The van der Waals surface area contributed by atoms with Gasteiger partial charge in [-0.2, -0.15) is 0 Å². The molecule has 6 rings (SSSR count). The Hall–Kier alpha value is -3.73. The number of aliphatic hydroxyl groups is 1. The van der Waals surface area contributed by atoms with Crippen LogP contribution in [0.15, 0.2) is 48.6 Å². The molecule has 5 aliphatic carbocycles. The zero-order chi connectivity index (χ0) is 39.1. The lowest BCUT2D eigenvalue weighted by molar-refractivity contribution is -0.217. The Morgan fingerprint density at radius 1 is 0.784 bits per heavy atom. The third-order valence-electron chi connectivity index (χ3n) is 10.5. The fraction of sp³-hybridized carbons (Fsp3) is 0.675. The van der Waals surface area contributed by atoms with E-state index in [1.54, 1.807) is 34.6 Å². The van der Waals surface area contributed by atoms with Crippen molar-refractivity contribution >= 4 is 29.8 Å². The van der Waals surface area contributed by atoms with Crippen LogP contribution in [-0.2, 0) is 42.9 Å². The van der Waals surface area contributed by atoms with E-state index in [1.807, 2.05) is 0 Å². The van der Waals surface area contributed by atoms with Crippen LogP contribution in [0.3, 0.4) is 0 Å². The smallest absolute Gasteiger partial charge is 0.333 e. The number of aliphatic carboxylic acids is 1. The number of carboxylic acid groups (broad SMARTS) is 1. The molecule has 11 nitrogen and oxygen atoms in total. The monoisotopic (exact) mass is 716 g/mol. The largest absolute Gasteiger partial charge is 0.478 e. The predicted molar refractivity (Wildman–Crippen MR) is 192 cm³/mol. The average Bonchev–Trinajstić information content (AvgIpc) is 3.55. The van der Waals surface area contributed by atoms with E-state index in [2.05, 4.69) is 40.2 Å². The number of esters is 4. The summed E-state index contributed by atoms with van der Waals surface area (Å²) in [4.78, 5) is 55.1. The number of carboxylic acids is 1. The van der Waals surface area contributed by atoms with E-state index in [4.69, 9.17) is 24.1 Å². The van der Waals surface area contributed by atoms with Gasteiger partial charge in [-0.05, 0) is 117 Å². The molecule has 4 bridgehead atoms. The van der Waals surface area contributed by atoms with Crippen molar-refractivity contribution in [2.45, 2.75) is 155 Å². The van der Waals surface area contributed by atoms with Gasteiger partial charge in [0.2, 0.25) is 0 Å². The Bertz CT molecular complexity index is 1370. The zero-order valence-electron chi connectivity index (χ0n) is 32.0. The highest BCUT2D eigenvalue weighted by molar-refractivity contribution is 5.88. The van der Waals surface area contributed by atoms with Crippen molar-refractivity contribution in [3.05, 3.63) is 48.6 Å².